The second-order valence-corrected chi connectivity index (χ2v) is 4.97. The van der Waals surface area contributed by atoms with Gasteiger partial charge in [-0.05, 0) is 25.7 Å². The Labute approximate surface area is 119 Å². The van der Waals surface area contributed by atoms with Gasteiger partial charge < -0.3 is 4.74 Å². The second kappa shape index (κ2) is 6.15. The summed E-state index contributed by atoms with van der Waals surface area (Å²) in [6, 6.07) is -0.211. The van der Waals surface area contributed by atoms with E-state index in [9.17, 15) is 23.7 Å². The number of carbonyl (C=O) groups is 1. The monoisotopic (exact) mass is 303 g/mol. The Balaban J connectivity index is 2.12. The minimum atomic E-state index is -2.99. The quantitative estimate of drug-likeness (QED) is 0.485. The van der Waals surface area contributed by atoms with Crippen LogP contribution in [0.1, 0.15) is 43.8 Å². The number of halogens is 2. The van der Waals surface area contributed by atoms with Crippen molar-refractivity contribution < 1.29 is 23.2 Å². The summed E-state index contributed by atoms with van der Waals surface area (Å²) >= 11 is 0. The van der Waals surface area contributed by atoms with Crippen LogP contribution in [0.15, 0.2) is 6.20 Å². The van der Waals surface area contributed by atoms with E-state index >= 15 is 0 Å². The molecule has 1 aliphatic rings. The van der Waals surface area contributed by atoms with Gasteiger partial charge in [-0.2, -0.15) is 5.10 Å². The van der Waals surface area contributed by atoms with Gasteiger partial charge in [0.2, 0.25) is 5.69 Å². The predicted molar refractivity (Wildman–Crippen MR) is 66.8 cm³/mol. The highest BCUT2D eigenvalue weighted by Crippen LogP contribution is 2.35. The maximum atomic E-state index is 12.7. The molecule has 0 aromatic carbocycles. The van der Waals surface area contributed by atoms with E-state index < -0.39 is 22.7 Å². The molecule has 7 nitrogen and oxygen atoms in total. The van der Waals surface area contributed by atoms with Crippen LogP contribution in [-0.4, -0.2) is 27.8 Å². The van der Waals surface area contributed by atoms with Crippen molar-refractivity contribution in [3.8, 4) is 0 Å². The van der Waals surface area contributed by atoms with E-state index in [1.54, 1.807) is 0 Å². The molecule has 9 heteroatoms. The van der Waals surface area contributed by atoms with Gasteiger partial charge >= 0.3 is 11.7 Å². The number of methoxy groups -OCH3 is 1. The first-order valence-electron chi connectivity index (χ1n) is 6.53. The van der Waals surface area contributed by atoms with Crippen molar-refractivity contribution in [2.45, 2.75) is 38.2 Å². The van der Waals surface area contributed by atoms with Gasteiger partial charge in [0.15, 0.2) is 0 Å². The van der Waals surface area contributed by atoms with Crippen molar-refractivity contribution in [1.82, 2.24) is 9.78 Å². The fraction of sp³-hybridized carbons (Fsp3) is 0.667. The fourth-order valence-electron chi connectivity index (χ4n) is 2.62. The van der Waals surface area contributed by atoms with E-state index in [0.29, 0.717) is 25.7 Å². The molecule has 0 spiro atoms. The zero-order valence-corrected chi connectivity index (χ0v) is 11.4. The van der Waals surface area contributed by atoms with Crippen molar-refractivity contribution in [2.75, 3.05) is 7.11 Å². The number of alkyl halides is 2. The summed E-state index contributed by atoms with van der Waals surface area (Å²) < 4.78 is 31.4. The maximum Gasteiger partial charge on any atom is 0.316 e. The van der Waals surface area contributed by atoms with Gasteiger partial charge in [-0.1, -0.05) is 0 Å². The van der Waals surface area contributed by atoms with Gasteiger partial charge in [0.25, 0.3) is 6.43 Å². The molecule has 0 bridgehead atoms. The first kappa shape index (κ1) is 15.3. The molecular weight excluding hydrogens is 288 g/mol. The van der Waals surface area contributed by atoms with Crippen molar-refractivity contribution in [1.29, 1.82) is 0 Å². The van der Waals surface area contributed by atoms with Gasteiger partial charge in [-0.3, -0.25) is 19.6 Å². The van der Waals surface area contributed by atoms with E-state index in [1.807, 2.05) is 0 Å². The number of aromatic nitrogens is 2. The molecule has 1 fully saturated rings. The Morgan fingerprint density at radius 2 is 2.10 bits per heavy atom. The molecule has 0 unspecified atom stereocenters. The third kappa shape index (κ3) is 3.17. The van der Waals surface area contributed by atoms with Crippen molar-refractivity contribution in [3.63, 3.8) is 0 Å². The summed E-state index contributed by atoms with van der Waals surface area (Å²) in [5.41, 5.74) is -1.48. The lowest BCUT2D eigenvalue weighted by molar-refractivity contribution is -0.386. The molecule has 1 aromatic heterocycles. The molecular formula is C12H15F2N3O4. The van der Waals surface area contributed by atoms with Crippen LogP contribution >= 0.6 is 0 Å². The molecule has 0 radical (unpaired) electrons. The zero-order chi connectivity index (χ0) is 15.6. The molecule has 1 aromatic rings. The van der Waals surface area contributed by atoms with E-state index in [-0.39, 0.29) is 17.9 Å². The average Bonchev–Trinajstić information content (AvgIpc) is 2.92. The summed E-state index contributed by atoms with van der Waals surface area (Å²) in [6.45, 7) is 0. The van der Waals surface area contributed by atoms with Crippen LogP contribution in [0, 0.1) is 16.0 Å². The Morgan fingerprint density at radius 3 is 2.52 bits per heavy atom. The molecule has 0 saturated heterocycles. The summed E-state index contributed by atoms with van der Waals surface area (Å²) in [6.07, 6.45) is 0.245. The zero-order valence-electron chi connectivity index (χ0n) is 11.4. The average molecular weight is 303 g/mol. The molecule has 1 aliphatic carbocycles. The van der Waals surface area contributed by atoms with Crippen LogP contribution in [0.25, 0.3) is 0 Å². The Morgan fingerprint density at radius 1 is 1.48 bits per heavy atom. The molecule has 1 saturated carbocycles. The van der Waals surface area contributed by atoms with Gasteiger partial charge in [0, 0.05) is 0 Å². The molecule has 0 aliphatic heterocycles. The number of rotatable bonds is 4. The van der Waals surface area contributed by atoms with Gasteiger partial charge in [-0.25, -0.2) is 8.78 Å². The maximum absolute atomic E-state index is 12.7. The van der Waals surface area contributed by atoms with Crippen LogP contribution in [0.3, 0.4) is 0 Å². The number of ether oxygens (including phenoxy) is 1. The summed E-state index contributed by atoms with van der Waals surface area (Å²) in [5, 5.41) is 14.4. The van der Waals surface area contributed by atoms with Crippen molar-refractivity contribution in [3.05, 3.63) is 22.0 Å². The van der Waals surface area contributed by atoms with Crippen LogP contribution in [0.5, 0.6) is 0 Å². The topological polar surface area (TPSA) is 87.3 Å². The highest BCUT2D eigenvalue weighted by molar-refractivity contribution is 5.72. The normalized spacial score (nSPS) is 22.3. The first-order valence-corrected chi connectivity index (χ1v) is 6.53. The Hall–Kier alpha value is -2.06. The SMILES string of the molecule is COC(=O)C1CCC(n2cc([N+](=O)[O-])c(C(F)F)n2)CC1. The van der Waals surface area contributed by atoms with E-state index in [1.165, 1.54) is 11.8 Å². The molecule has 0 N–H and O–H groups in total. The molecule has 116 valence electrons. The Bertz CT molecular complexity index is 539. The molecule has 21 heavy (non-hydrogen) atoms. The lowest BCUT2D eigenvalue weighted by Gasteiger charge is -2.26. The minimum Gasteiger partial charge on any atom is -0.469 e. The minimum absolute atomic E-state index is 0.202. The number of nitro groups is 1. The number of carbonyl (C=O) groups excluding carboxylic acids is 1. The van der Waals surface area contributed by atoms with Crippen molar-refractivity contribution in [2.24, 2.45) is 5.92 Å². The van der Waals surface area contributed by atoms with Gasteiger partial charge in [0.05, 0.1) is 24.0 Å². The number of nitrogens with zero attached hydrogens (tertiary/aromatic N) is 3. The predicted octanol–water partition coefficient (Wildman–Crippen LogP) is 2.63. The lowest BCUT2D eigenvalue weighted by Crippen LogP contribution is -2.24. The smallest absolute Gasteiger partial charge is 0.316 e. The van der Waals surface area contributed by atoms with Gasteiger partial charge in [0.1, 0.15) is 6.20 Å². The van der Waals surface area contributed by atoms with Crippen LogP contribution in [0.4, 0.5) is 14.5 Å². The van der Waals surface area contributed by atoms with E-state index in [4.69, 9.17) is 0 Å². The molecule has 0 atom stereocenters. The molecule has 1 heterocycles. The summed E-state index contributed by atoms with van der Waals surface area (Å²) in [4.78, 5) is 21.3. The summed E-state index contributed by atoms with van der Waals surface area (Å²) in [7, 11) is 1.32. The summed E-state index contributed by atoms with van der Waals surface area (Å²) in [5.74, 6) is -0.487. The van der Waals surface area contributed by atoms with Crippen LogP contribution < -0.4 is 0 Å². The standard InChI is InChI=1S/C12H15F2N3O4/c1-21-12(18)7-2-4-8(5-3-7)16-6-9(17(19)20)10(15-16)11(13)14/h6-8,11H,2-5H2,1H3. The van der Waals surface area contributed by atoms with Gasteiger partial charge in [-0.15, -0.1) is 0 Å². The third-order valence-corrected chi connectivity index (χ3v) is 3.75. The Kier molecular flexibility index (Phi) is 4.49. The second-order valence-electron chi connectivity index (χ2n) is 4.97. The first-order chi connectivity index (χ1) is 9.93. The van der Waals surface area contributed by atoms with E-state index in [2.05, 4.69) is 9.84 Å². The van der Waals surface area contributed by atoms with Crippen LogP contribution in [-0.2, 0) is 9.53 Å². The van der Waals surface area contributed by atoms with Crippen molar-refractivity contribution >= 4 is 11.7 Å². The highest BCUT2D eigenvalue weighted by atomic mass is 19.3. The number of hydrogen-bond donors (Lipinski definition) is 0. The van der Waals surface area contributed by atoms with E-state index in [0.717, 1.165) is 6.20 Å². The molecule has 2 rings (SSSR count). The molecule has 0 amide bonds. The van der Waals surface area contributed by atoms with Crippen LogP contribution in [0.2, 0.25) is 0 Å². The number of hydrogen-bond acceptors (Lipinski definition) is 5. The largest absolute Gasteiger partial charge is 0.469 e. The highest BCUT2D eigenvalue weighted by Gasteiger charge is 2.32. The number of esters is 1. The lowest BCUT2D eigenvalue weighted by atomic mass is 9.86. The third-order valence-electron chi connectivity index (χ3n) is 3.75. The fourth-order valence-corrected chi connectivity index (χ4v) is 2.62.